The van der Waals surface area contributed by atoms with Crippen LogP contribution in [0.5, 0.6) is 5.75 Å². The SMILES string of the molecule is C=CCn1c(SCc2ccc(Cl)cc2)nnc1-c1ccc(OC2CCCC2)cc1. The van der Waals surface area contributed by atoms with Gasteiger partial charge in [-0.3, -0.25) is 4.57 Å². The van der Waals surface area contributed by atoms with Gasteiger partial charge < -0.3 is 4.74 Å². The van der Waals surface area contributed by atoms with Crippen LogP contribution in [0.15, 0.2) is 66.3 Å². The van der Waals surface area contributed by atoms with Crippen LogP contribution < -0.4 is 4.74 Å². The number of ether oxygens (including phenoxy) is 1. The Morgan fingerprint density at radius 1 is 1.07 bits per heavy atom. The zero-order chi connectivity index (χ0) is 20.1. The predicted molar refractivity (Wildman–Crippen MR) is 120 cm³/mol. The van der Waals surface area contributed by atoms with Crippen LogP contribution in [0.1, 0.15) is 31.2 Å². The second-order valence-electron chi connectivity index (χ2n) is 7.17. The second-order valence-corrected chi connectivity index (χ2v) is 8.55. The smallest absolute Gasteiger partial charge is 0.192 e. The first kappa shape index (κ1) is 20.0. The second kappa shape index (κ2) is 9.51. The first-order valence-electron chi connectivity index (χ1n) is 9.91. The average molecular weight is 426 g/mol. The number of aromatic nitrogens is 3. The molecule has 4 nitrogen and oxygen atoms in total. The monoisotopic (exact) mass is 425 g/mol. The summed E-state index contributed by atoms with van der Waals surface area (Å²) in [7, 11) is 0. The molecule has 6 heteroatoms. The lowest BCUT2D eigenvalue weighted by Gasteiger charge is -2.13. The number of allylic oxidation sites excluding steroid dienone is 1. The molecule has 150 valence electrons. The minimum atomic E-state index is 0.362. The molecule has 0 amide bonds. The molecule has 3 aromatic rings. The Morgan fingerprint density at radius 2 is 1.79 bits per heavy atom. The number of nitrogens with zero attached hydrogens (tertiary/aromatic N) is 3. The highest BCUT2D eigenvalue weighted by Gasteiger charge is 2.17. The Bertz CT molecular complexity index is 947. The van der Waals surface area contributed by atoms with Gasteiger partial charge in [0.15, 0.2) is 11.0 Å². The molecule has 0 atom stereocenters. The maximum atomic E-state index is 6.07. The molecule has 4 rings (SSSR count). The summed E-state index contributed by atoms with van der Waals surface area (Å²) in [5.41, 5.74) is 2.22. The lowest BCUT2D eigenvalue weighted by Crippen LogP contribution is -2.10. The van der Waals surface area contributed by atoms with Gasteiger partial charge in [0.25, 0.3) is 0 Å². The summed E-state index contributed by atoms with van der Waals surface area (Å²) in [6.07, 6.45) is 7.08. The molecule has 0 radical (unpaired) electrons. The topological polar surface area (TPSA) is 39.9 Å². The van der Waals surface area contributed by atoms with Crippen LogP contribution in [-0.2, 0) is 12.3 Å². The van der Waals surface area contributed by atoms with Gasteiger partial charge in [-0.1, -0.05) is 41.6 Å². The van der Waals surface area contributed by atoms with Crippen molar-refractivity contribution in [3.63, 3.8) is 0 Å². The molecule has 1 saturated carbocycles. The average Bonchev–Trinajstić information content (AvgIpc) is 3.39. The summed E-state index contributed by atoms with van der Waals surface area (Å²) < 4.78 is 8.17. The summed E-state index contributed by atoms with van der Waals surface area (Å²) in [4.78, 5) is 0. The predicted octanol–water partition coefficient (Wildman–Crippen LogP) is 6.40. The third kappa shape index (κ3) is 5.03. The van der Waals surface area contributed by atoms with Gasteiger partial charge in [-0.25, -0.2) is 0 Å². The van der Waals surface area contributed by atoms with Crippen LogP contribution in [0.3, 0.4) is 0 Å². The Labute approximate surface area is 181 Å². The number of thioether (sulfide) groups is 1. The molecule has 0 bridgehead atoms. The van der Waals surface area contributed by atoms with E-state index in [0.29, 0.717) is 12.6 Å². The first-order chi connectivity index (χ1) is 14.2. The molecule has 1 aromatic heterocycles. The molecule has 1 heterocycles. The summed E-state index contributed by atoms with van der Waals surface area (Å²) in [5.74, 6) is 2.57. The van der Waals surface area contributed by atoms with Crippen molar-refractivity contribution in [2.75, 3.05) is 0 Å². The fourth-order valence-corrected chi connectivity index (χ4v) is 4.54. The molecular formula is C23H24ClN3OS. The lowest BCUT2D eigenvalue weighted by atomic mass is 10.2. The van der Waals surface area contributed by atoms with Gasteiger partial charge in [-0.15, -0.1) is 16.8 Å². The van der Waals surface area contributed by atoms with Crippen molar-refractivity contribution >= 4 is 23.4 Å². The molecule has 1 fully saturated rings. The van der Waals surface area contributed by atoms with E-state index in [9.17, 15) is 0 Å². The van der Waals surface area contributed by atoms with E-state index < -0.39 is 0 Å². The quantitative estimate of drug-likeness (QED) is 0.309. The van der Waals surface area contributed by atoms with Crippen molar-refractivity contribution in [3.05, 3.63) is 71.8 Å². The van der Waals surface area contributed by atoms with E-state index in [0.717, 1.165) is 45.9 Å². The Kier molecular flexibility index (Phi) is 6.57. The minimum Gasteiger partial charge on any atom is -0.490 e. The normalized spacial score (nSPS) is 14.2. The molecule has 2 aromatic carbocycles. The van der Waals surface area contributed by atoms with Gasteiger partial charge >= 0.3 is 0 Å². The molecular weight excluding hydrogens is 402 g/mol. The van der Waals surface area contributed by atoms with E-state index in [-0.39, 0.29) is 0 Å². The summed E-state index contributed by atoms with van der Waals surface area (Å²) in [5, 5.41) is 10.5. The third-order valence-electron chi connectivity index (χ3n) is 5.03. The van der Waals surface area contributed by atoms with Crippen LogP contribution in [0.4, 0.5) is 0 Å². The zero-order valence-corrected chi connectivity index (χ0v) is 17.8. The van der Waals surface area contributed by atoms with Crippen molar-refractivity contribution in [1.29, 1.82) is 0 Å². The molecule has 29 heavy (non-hydrogen) atoms. The maximum Gasteiger partial charge on any atom is 0.192 e. The number of halogens is 1. The van der Waals surface area contributed by atoms with Gasteiger partial charge in [0.05, 0.1) is 6.10 Å². The summed E-state index contributed by atoms with van der Waals surface area (Å²) in [6, 6.07) is 16.1. The minimum absolute atomic E-state index is 0.362. The van der Waals surface area contributed by atoms with Crippen molar-refractivity contribution in [1.82, 2.24) is 14.8 Å². The number of benzene rings is 2. The largest absolute Gasteiger partial charge is 0.490 e. The van der Waals surface area contributed by atoms with E-state index in [1.54, 1.807) is 11.8 Å². The molecule has 1 aliphatic carbocycles. The van der Waals surface area contributed by atoms with Crippen LogP contribution in [-0.4, -0.2) is 20.9 Å². The molecule has 0 unspecified atom stereocenters. The summed E-state index contributed by atoms with van der Waals surface area (Å²) in [6.45, 7) is 4.55. The third-order valence-corrected chi connectivity index (χ3v) is 6.32. The van der Waals surface area contributed by atoms with E-state index in [2.05, 4.69) is 33.5 Å². The van der Waals surface area contributed by atoms with Crippen LogP contribution >= 0.6 is 23.4 Å². The molecule has 0 spiro atoms. The number of hydrogen-bond acceptors (Lipinski definition) is 4. The standard InChI is InChI=1S/C23H24ClN3OS/c1-2-15-27-22(18-9-13-21(14-10-18)28-20-5-3-4-6-20)25-26-23(27)29-16-17-7-11-19(24)12-8-17/h2,7-14,20H,1,3-6,15-16H2. The lowest BCUT2D eigenvalue weighted by molar-refractivity contribution is 0.210. The van der Waals surface area contributed by atoms with E-state index in [1.807, 2.05) is 42.5 Å². The van der Waals surface area contributed by atoms with Gasteiger partial charge in [-0.2, -0.15) is 0 Å². The van der Waals surface area contributed by atoms with Crippen LogP contribution in [0.25, 0.3) is 11.4 Å². The van der Waals surface area contributed by atoms with Gasteiger partial charge in [-0.05, 0) is 67.6 Å². The van der Waals surface area contributed by atoms with Crippen molar-refractivity contribution in [2.24, 2.45) is 0 Å². The van der Waals surface area contributed by atoms with E-state index in [4.69, 9.17) is 16.3 Å². The van der Waals surface area contributed by atoms with Gasteiger partial charge in [0.2, 0.25) is 0 Å². The zero-order valence-electron chi connectivity index (χ0n) is 16.3. The summed E-state index contributed by atoms with van der Waals surface area (Å²) >= 11 is 7.63. The maximum absolute atomic E-state index is 6.07. The Balaban J connectivity index is 1.49. The highest BCUT2D eigenvalue weighted by Crippen LogP contribution is 2.29. The van der Waals surface area contributed by atoms with Crippen molar-refractivity contribution in [3.8, 4) is 17.1 Å². The number of hydrogen-bond donors (Lipinski definition) is 0. The Hall–Kier alpha value is -2.24. The fourth-order valence-electron chi connectivity index (χ4n) is 3.51. The number of rotatable bonds is 8. The molecule has 0 N–H and O–H groups in total. The van der Waals surface area contributed by atoms with Crippen LogP contribution in [0, 0.1) is 0 Å². The van der Waals surface area contributed by atoms with Crippen molar-refractivity contribution in [2.45, 2.75) is 49.2 Å². The first-order valence-corrected chi connectivity index (χ1v) is 11.3. The highest BCUT2D eigenvalue weighted by atomic mass is 35.5. The molecule has 1 aliphatic rings. The molecule has 0 aliphatic heterocycles. The van der Waals surface area contributed by atoms with Gasteiger partial charge in [0.1, 0.15) is 5.75 Å². The Morgan fingerprint density at radius 3 is 2.48 bits per heavy atom. The molecule has 0 saturated heterocycles. The fraction of sp³-hybridized carbons (Fsp3) is 0.304. The van der Waals surface area contributed by atoms with E-state index in [1.165, 1.54) is 18.4 Å². The van der Waals surface area contributed by atoms with Gasteiger partial charge in [0, 0.05) is 22.9 Å². The highest BCUT2D eigenvalue weighted by molar-refractivity contribution is 7.98. The van der Waals surface area contributed by atoms with Crippen LogP contribution in [0.2, 0.25) is 5.02 Å². The van der Waals surface area contributed by atoms with Crippen molar-refractivity contribution < 1.29 is 4.74 Å². The van der Waals surface area contributed by atoms with E-state index >= 15 is 0 Å².